The molecule has 0 saturated heterocycles. The third-order valence-electron chi connectivity index (χ3n) is 2.21. The van der Waals surface area contributed by atoms with Gasteiger partial charge in [-0.1, -0.05) is 6.07 Å². The molecular weight excluding hydrogens is 296 g/mol. The monoisotopic (exact) mass is 303 g/mol. The van der Waals surface area contributed by atoms with Crippen molar-refractivity contribution < 1.29 is 8.78 Å². The van der Waals surface area contributed by atoms with E-state index in [2.05, 4.69) is 15.9 Å². The topological polar surface area (TPSA) is 26.0 Å². The predicted molar refractivity (Wildman–Crippen MR) is 64.4 cm³/mol. The number of halogens is 3. The second-order valence-electron chi connectivity index (χ2n) is 3.25. The fourth-order valence-corrected chi connectivity index (χ4v) is 2.88. The quantitative estimate of drug-likeness (QED) is 0.896. The number of nitrogens with two attached hydrogens (primary N) is 1. The molecule has 0 aliphatic heterocycles. The molecule has 1 heterocycles. The van der Waals surface area contributed by atoms with Gasteiger partial charge in [-0.3, -0.25) is 0 Å². The van der Waals surface area contributed by atoms with Crippen molar-refractivity contribution in [3.63, 3.8) is 0 Å². The van der Waals surface area contributed by atoms with E-state index in [0.29, 0.717) is 0 Å². The Labute approximate surface area is 104 Å². The van der Waals surface area contributed by atoms with Gasteiger partial charge in [-0.2, -0.15) is 0 Å². The molecule has 0 bridgehead atoms. The van der Waals surface area contributed by atoms with Gasteiger partial charge >= 0.3 is 0 Å². The van der Waals surface area contributed by atoms with Crippen molar-refractivity contribution in [2.75, 3.05) is 0 Å². The van der Waals surface area contributed by atoms with E-state index in [1.165, 1.54) is 29.5 Å². The molecular formula is C11H8BrF2NS. The Kier molecular flexibility index (Phi) is 3.37. The molecule has 2 aromatic rings. The lowest BCUT2D eigenvalue weighted by Crippen LogP contribution is -2.14. The molecule has 1 atom stereocenters. The fraction of sp³-hybridized carbons (Fsp3) is 0.0909. The summed E-state index contributed by atoms with van der Waals surface area (Å²) >= 11 is 4.65. The number of thiophene rings is 1. The van der Waals surface area contributed by atoms with Gasteiger partial charge in [0, 0.05) is 10.4 Å². The largest absolute Gasteiger partial charge is 0.319 e. The van der Waals surface area contributed by atoms with Crippen molar-refractivity contribution in [3.05, 3.63) is 56.2 Å². The van der Waals surface area contributed by atoms with Crippen LogP contribution in [0.1, 0.15) is 16.5 Å². The third-order valence-corrected chi connectivity index (χ3v) is 3.92. The Balaban J connectivity index is 2.45. The van der Waals surface area contributed by atoms with E-state index in [4.69, 9.17) is 5.73 Å². The van der Waals surface area contributed by atoms with E-state index in [9.17, 15) is 8.78 Å². The lowest BCUT2D eigenvalue weighted by molar-refractivity contribution is 0.545. The Morgan fingerprint density at radius 2 is 1.75 bits per heavy atom. The molecule has 0 saturated carbocycles. The van der Waals surface area contributed by atoms with Gasteiger partial charge in [0.25, 0.3) is 0 Å². The van der Waals surface area contributed by atoms with Crippen LogP contribution in [0.3, 0.4) is 0 Å². The average molecular weight is 304 g/mol. The van der Waals surface area contributed by atoms with Crippen LogP contribution in [0.25, 0.3) is 0 Å². The summed E-state index contributed by atoms with van der Waals surface area (Å²) in [6.45, 7) is 0. The lowest BCUT2D eigenvalue weighted by atomic mass is 10.1. The third kappa shape index (κ3) is 2.16. The number of hydrogen-bond donors (Lipinski definition) is 1. The van der Waals surface area contributed by atoms with Gasteiger partial charge in [-0.05, 0) is 40.2 Å². The van der Waals surface area contributed by atoms with Crippen molar-refractivity contribution >= 4 is 27.3 Å². The minimum atomic E-state index is -0.766. The summed E-state index contributed by atoms with van der Waals surface area (Å²) in [7, 11) is 0. The summed E-state index contributed by atoms with van der Waals surface area (Å²) in [4.78, 5) is 0.718. The highest BCUT2D eigenvalue weighted by Crippen LogP contribution is 2.31. The predicted octanol–water partition coefficient (Wildman–Crippen LogP) is 3.84. The first-order valence-corrected chi connectivity index (χ1v) is 6.15. The van der Waals surface area contributed by atoms with Gasteiger partial charge in [0.05, 0.1) is 9.83 Å². The molecule has 84 valence electrons. The molecule has 0 spiro atoms. The molecule has 0 radical (unpaired) electrons. The molecule has 1 aromatic carbocycles. The SMILES string of the molecule is NC(c1ccc(Br)s1)c1c(F)cccc1F. The van der Waals surface area contributed by atoms with E-state index in [-0.39, 0.29) is 5.56 Å². The maximum absolute atomic E-state index is 13.5. The minimum Gasteiger partial charge on any atom is -0.319 e. The van der Waals surface area contributed by atoms with Crippen molar-refractivity contribution in [1.29, 1.82) is 0 Å². The van der Waals surface area contributed by atoms with Crippen LogP contribution in [0.2, 0.25) is 0 Å². The first kappa shape index (κ1) is 11.7. The summed E-state index contributed by atoms with van der Waals surface area (Å²) in [6, 6.07) is 6.54. The molecule has 5 heteroatoms. The molecule has 0 amide bonds. The van der Waals surface area contributed by atoms with Crippen LogP contribution in [-0.2, 0) is 0 Å². The smallest absolute Gasteiger partial charge is 0.131 e. The highest BCUT2D eigenvalue weighted by molar-refractivity contribution is 9.11. The van der Waals surface area contributed by atoms with E-state index in [1.807, 2.05) is 0 Å². The van der Waals surface area contributed by atoms with Gasteiger partial charge < -0.3 is 5.73 Å². The number of rotatable bonds is 2. The second kappa shape index (κ2) is 4.61. The van der Waals surface area contributed by atoms with Crippen LogP contribution >= 0.6 is 27.3 Å². The van der Waals surface area contributed by atoms with Gasteiger partial charge in [-0.15, -0.1) is 11.3 Å². The summed E-state index contributed by atoms with van der Waals surface area (Å²) < 4.78 is 27.8. The second-order valence-corrected chi connectivity index (χ2v) is 5.75. The summed E-state index contributed by atoms with van der Waals surface area (Å²) in [5, 5.41) is 0. The summed E-state index contributed by atoms with van der Waals surface area (Å²) in [6.07, 6.45) is 0. The van der Waals surface area contributed by atoms with Crippen molar-refractivity contribution in [3.8, 4) is 0 Å². The van der Waals surface area contributed by atoms with E-state index in [0.717, 1.165) is 8.66 Å². The molecule has 0 aliphatic carbocycles. The van der Waals surface area contributed by atoms with Crippen molar-refractivity contribution in [2.45, 2.75) is 6.04 Å². The molecule has 16 heavy (non-hydrogen) atoms. The highest BCUT2D eigenvalue weighted by Gasteiger charge is 2.19. The first-order chi connectivity index (χ1) is 7.59. The van der Waals surface area contributed by atoms with Gasteiger partial charge in [0.1, 0.15) is 11.6 Å². The lowest BCUT2D eigenvalue weighted by Gasteiger charge is -2.11. The Bertz CT molecular complexity index is 492. The molecule has 1 aromatic heterocycles. The Hall–Kier alpha value is -0.780. The summed E-state index contributed by atoms with van der Waals surface area (Å²) in [5.41, 5.74) is 5.75. The van der Waals surface area contributed by atoms with E-state index < -0.39 is 17.7 Å². The Morgan fingerprint density at radius 3 is 2.25 bits per heavy atom. The van der Waals surface area contributed by atoms with Crippen LogP contribution in [0.5, 0.6) is 0 Å². The zero-order valence-electron chi connectivity index (χ0n) is 8.08. The maximum Gasteiger partial charge on any atom is 0.131 e. The first-order valence-electron chi connectivity index (χ1n) is 4.54. The normalized spacial score (nSPS) is 12.8. The van der Waals surface area contributed by atoms with E-state index >= 15 is 0 Å². The van der Waals surface area contributed by atoms with E-state index in [1.54, 1.807) is 12.1 Å². The molecule has 0 fully saturated rings. The van der Waals surface area contributed by atoms with Crippen LogP contribution in [0.4, 0.5) is 8.78 Å². The van der Waals surface area contributed by atoms with Crippen molar-refractivity contribution in [2.24, 2.45) is 5.73 Å². The fourth-order valence-electron chi connectivity index (χ4n) is 1.45. The van der Waals surface area contributed by atoms with Gasteiger partial charge in [0.15, 0.2) is 0 Å². The Morgan fingerprint density at radius 1 is 1.12 bits per heavy atom. The van der Waals surface area contributed by atoms with Crippen LogP contribution in [0.15, 0.2) is 34.1 Å². The zero-order valence-corrected chi connectivity index (χ0v) is 10.5. The molecule has 2 rings (SSSR count). The molecule has 0 aliphatic rings. The highest BCUT2D eigenvalue weighted by atomic mass is 79.9. The summed E-state index contributed by atoms with van der Waals surface area (Å²) in [5.74, 6) is -1.23. The molecule has 1 nitrogen and oxygen atoms in total. The number of benzene rings is 1. The average Bonchev–Trinajstić information content (AvgIpc) is 2.64. The number of hydrogen-bond acceptors (Lipinski definition) is 2. The molecule has 1 unspecified atom stereocenters. The van der Waals surface area contributed by atoms with Crippen LogP contribution < -0.4 is 5.73 Å². The molecule has 2 N–H and O–H groups in total. The minimum absolute atomic E-state index is 0.0862. The van der Waals surface area contributed by atoms with Crippen LogP contribution in [-0.4, -0.2) is 0 Å². The maximum atomic E-state index is 13.5. The standard InChI is InChI=1S/C11H8BrF2NS/c12-9-5-4-8(16-9)11(15)10-6(13)2-1-3-7(10)14/h1-5,11H,15H2. The van der Waals surface area contributed by atoms with Gasteiger partial charge in [-0.25, -0.2) is 8.78 Å². The van der Waals surface area contributed by atoms with Crippen LogP contribution in [0, 0.1) is 11.6 Å². The zero-order chi connectivity index (χ0) is 11.7. The van der Waals surface area contributed by atoms with Crippen molar-refractivity contribution in [1.82, 2.24) is 0 Å². The van der Waals surface area contributed by atoms with Gasteiger partial charge in [0.2, 0.25) is 0 Å².